The number of carboxylic acids is 1. The first-order valence-electron chi connectivity index (χ1n) is 6.04. The van der Waals surface area contributed by atoms with Gasteiger partial charge in [0.15, 0.2) is 0 Å². The summed E-state index contributed by atoms with van der Waals surface area (Å²) >= 11 is 0. The maximum atomic E-state index is 11.5. The molecule has 2 rings (SSSR count). The molecular formula is C14H13N3O4. The highest BCUT2D eigenvalue weighted by molar-refractivity contribution is 5.89. The van der Waals surface area contributed by atoms with Crippen LogP contribution in [0, 0.1) is 6.92 Å². The van der Waals surface area contributed by atoms with Crippen molar-refractivity contribution in [2.24, 2.45) is 0 Å². The molecule has 2 aromatic rings. The summed E-state index contributed by atoms with van der Waals surface area (Å²) in [5.41, 5.74) is 1.28. The standard InChI is InChI=1S/C14H13N3O4/c1-8-6-11(17-12(15-8)14(20)21-2)16-10-5-3-4-9(7-10)13(18)19/h3-7H,1-2H3,(H,18,19)(H,15,16,17). The minimum absolute atomic E-state index is 0.0608. The van der Waals surface area contributed by atoms with E-state index in [0.29, 0.717) is 17.2 Å². The van der Waals surface area contributed by atoms with E-state index in [4.69, 9.17) is 5.11 Å². The zero-order valence-corrected chi connectivity index (χ0v) is 11.5. The molecule has 0 unspecified atom stereocenters. The Morgan fingerprint density at radius 2 is 2.00 bits per heavy atom. The molecule has 0 saturated carbocycles. The van der Waals surface area contributed by atoms with Gasteiger partial charge in [-0.2, -0.15) is 0 Å². The number of methoxy groups -OCH3 is 1. The number of carboxylic acid groups (broad SMARTS) is 1. The molecule has 0 aliphatic heterocycles. The smallest absolute Gasteiger partial charge is 0.376 e. The lowest BCUT2D eigenvalue weighted by Gasteiger charge is -2.08. The SMILES string of the molecule is COC(=O)c1nc(C)cc(Nc2cccc(C(=O)O)c2)n1. The van der Waals surface area contributed by atoms with Crippen LogP contribution in [0.5, 0.6) is 0 Å². The van der Waals surface area contributed by atoms with E-state index in [1.54, 1.807) is 25.1 Å². The molecule has 0 aliphatic rings. The van der Waals surface area contributed by atoms with Gasteiger partial charge in [0.25, 0.3) is 0 Å². The third-order valence-corrected chi connectivity index (χ3v) is 2.60. The van der Waals surface area contributed by atoms with Gasteiger partial charge in [0, 0.05) is 17.4 Å². The number of aromatic nitrogens is 2. The van der Waals surface area contributed by atoms with Gasteiger partial charge < -0.3 is 15.2 Å². The van der Waals surface area contributed by atoms with E-state index in [-0.39, 0.29) is 11.4 Å². The van der Waals surface area contributed by atoms with E-state index < -0.39 is 11.9 Å². The van der Waals surface area contributed by atoms with Crippen LogP contribution in [0.4, 0.5) is 11.5 Å². The van der Waals surface area contributed by atoms with E-state index in [1.807, 2.05) is 0 Å². The van der Waals surface area contributed by atoms with Crippen LogP contribution in [0.3, 0.4) is 0 Å². The molecule has 0 radical (unpaired) electrons. The number of benzene rings is 1. The van der Waals surface area contributed by atoms with Crippen molar-refractivity contribution in [2.75, 3.05) is 12.4 Å². The van der Waals surface area contributed by atoms with E-state index in [9.17, 15) is 9.59 Å². The van der Waals surface area contributed by atoms with Crippen molar-refractivity contribution in [3.8, 4) is 0 Å². The summed E-state index contributed by atoms with van der Waals surface area (Å²) in [5.74, 6) is -1.34. The zero-order chi connectivity index (χ0) is 15.4. The van der Waals surface area contributed by atoms with Crippen molar-refractivity contribution in [2.45, 2.75) is 6.92 Å². The predicted octanol–water partition coefficient (Wildman–Crippen LogP) is 2.01. The zero-order valence-electron chi connectivity index (χ0n) is 11.5. The van der Waals surface area contributed by atoms with Crippen molar-refractivity contribution in [1.82, 2.24) is 9.97 Å². The van der Waals surface area contributed by atoms with Gasteiger partial charge in [0.1, 0.15) is 5.82 Å². The molecule has 0 bridgehead atoms. The number of aryl methyl sites for hydroxylation is 1. The lowest BCUT2D eigenvalue weighted by molar-refractivity contribution is 0.0585. The molecule has 0 spiro atoms. The predicted molar refractivity (Wildman–Crippen MR) is 74.8 cm³/mol. The number of anilines is 2. The maximum absolute atomic E-state index is 11.5. The normalized spacial score (nSPS) is 10.0. The highest BCUT2D eigenvalue weighted by atomic mass is 16.5. The van der Waals surface area contributed by atoms with Gasteiger partial charge in [-0.05, 0) is 25.1 Å². The lowest BCUT2D eigenvalue weighted by Crippen LogP contribution is -2.10. The van der Waals surface area contributed by atoms with Gasteiger partial charge >= 0.3 is 11.9 Å². The Hall–Kier alpha value is -2.96. The molecule has 108 valence electrons. The fraction of sp³-hybridized carbons (Fsp3) is 0.143. The Bertz CT molecular complexity index is 700. The lowest BCUT2D eigenvalue weighted by atomic mass is 10.2. The van der Waals surface area contributed by atoms with Crippen LogP contribution in [0.25, 0.3) is 0 Å². The monoisotopic (exact) mass is 287 g/mol. The van der Waals surface area contributed by atoms with Crippen LogP contribution >= 0.6 is 0 Å². The molecule has 0 fully saturated rings. The van der Waals surface area contributed by atoms with E-state index in [0.717, 1.165) is 0 Å². The molecule has 0 aliphatic carbocycles. The van der Waals surface area contributed by atoms with E-state index >= 15 is 0 Å². The van der Waals surface area contributed by atoms with Crippen LogP contribution in [0.15, 0.2) is 30.3 Å². The fourth-order valence-electron chi connectivity index (χ4n) is 1.69. The molecule has 21 heavy (non-hydrogen) atoms. The largest absolute Gasteiger partial charge is 0.478 e. The van der Waals surface area contributed by atoms with E-state index in [2.05, 4.69) is 20.0 Å². The van der Waals surface area contributed by atoms with Crippen LogP contribution in [0.2, 0.25) is 0 Å². The number of carbonyl (C=O) groups is 2. The Morgan fingerprint density at radius 1 is 1.24 bits per heavy atom. The second-order valence-corrected chi connectivity index (χ2v) is 4.22. The quantitative estimate of drug-likeness (QED) is 0.829. The number of nitrogens with zero attached hydrogens (tertiary/aromatic N) is 2. The van der Waals surface area contributed by atoms with Crippen molar-refractivity contribution in [3.05, 3.63) is 47.4 Å². The van der Waals surface area contributed by atoms with Crippen molar-refractivity contribution in [1.29, 1.82) is 0 Å². The first-order chi connectivity index (χ1) is 9.99. The topological polar surface area (TPSA) is 101 Å². The number of hydrogen-bond acceptors (Lipinski definition) is 6. The molecule has 1 aromatic carbocycles. The highest BCUT2D eigenvalue weighted by Crippen LogP contribution is 2.17. The summed E-state index contributed by atoms with van der Waals surface area (Å²) in [4.78, 5) is 30.4. The number of aromatic carboxylic acids is 1. The Labute approximate surface area is 120 Å². The summed E-state index contributed by atoms with van der Waals surface area (Å²) in [6, 6.07) is 7.90. The Morgan fingerprint density at radius 3 is 2.67 bits per heavy atom. The van der Waals surface area contributed by atoms with Gasteiger partial charge in [0.2, 0.25) is 5.82 Å². The average Bonchev–Trinajstić information content (AvgIpc) is 2.46. The van der Waals surface area contributed by atoms with Crippen molar-refractivity contribution >= 4 is 23.4 Å². The first-order valence-corrected chi connectivity index (χ1v) is 6.04. The third-order valence-electron chi connectivity index (χ3n) is 2.60. The van der Waals surface area contributed by atoms with E-state index in [1.165, 1.54) is 19.2 Å². The molecule has 2 N–H and O–H groups in total. The minimum atomic E-state index is -1.02. The first kappa shape index (κ1) is 14.4. The Kier molecular flexibility index (Phi) is 4.13. The number of carbonyl (C=O) groups excluding carboxylic acids is 1. The summed E-state index contributed by atoms with van der Waals surface area (Å²) in [7, 11) is 1.25. The van der Waals surface area contributed by atoms with Crippen LogP contribution < -0.4 is 5.32 Å². The molecule has 1 heterocycles. The summed E-state index contributed by atoms with van der Waals surface area (Å²) < 4.78 is 4.58. The summed E-state index contributed by atoms with van der Waals surface area (Å²) in [6.45, 7) is 1.72. The van der Waals surface area contributed by atoms with Crippen molar-refractivity contribution < 1.29 is 19.4 Å². The van der Waals surface area contributed by atoms with Crippen LogP contribution in [-0.4, -0.2) is 34.1 Å². The van der Waals surface area contributed by atoms with Gasteiger partial charge in [-0.3, -0.25) is 0 Å². The Balaban J connectivity index is 2.31. The summed E-state index contributed by atoms with van der Waals surface area (Å²) in [5, 5.41) is 11.9. The minimum Gasteiger partial charge on any atom is -0.478 e. The fourth-order valence-corrected chi connectivity index (χ4v) is 1.69. The molecule has 0 saturated heterocycles. The van der Waals surface area contributed by atoms with Crippen molar-refractivity contribution in [3.63, 3.8) is 0 Å². The number of rotatable bonds is 4. The second kappa shape index (κ2) is 6.00. The van der Waals surface area contributed by atoms with Gasteiger partial charge in [0.05, 0.1) is 12.7 Å². The molecular weight excluding hydrogens is 274 g/mol. The highest BCUT2D eigenvalue weighted by Gasteiger charge is 2.12. The number of esters is 1. The molecule has 0 atom stereocenters. The number of hydrogen-bond donors (Lipinski definition) is 2. The van der Waals surface area contributed by atoms with Gasteiger partial charge in [-0.25, -0.2) is 19.6 Å². The number of ether oxygens (including phenoxy) is 1. The second-order valence-electron chi connectivity index (χ2n) is 4.22. The van der Waals surface area contributed by atoms with Gasteiger partial charge in [-0.1, -0.05) is 6.07 Å². The molecule has 0 amide bonds. The third kappa shape index (κ3) is 3.53. The van der Waals surface area contributed by atoms with Gasteiger partial charge in [-0.15, -0.1) is 0 Å². The average molecular weight is 287 g/mol. The van der Waals surface area contributed by atoms with Crippen LogP contribution in [0.1, 0.15) is 26.7 Å². The molecule has 1 aromatic heterocycles. The van der Waals surface area contributed by atoms with Crippen LogP contribution in [-0.2, 0) is 4.74 Å². The summed E-state index contributed by atoms with van der Waals surface area (Å²) in [6.07, 6.45) is 0. The molecule has 7 nitrogen and oxygen atoms in total. The molecule has 7 heteroatoms. The maximum Gasteiger partial charge on any atom is 0.376 e. The number of nitrogens with one attached hydrogen (secondary N) is 1.